The summed E-state index contributed by atoms with van der Waals surface area (Å²) in [6, 6.07) is 10.0. The highest BCUT2D eigenvalue weighted by Gasteiger charge is 2.18. The van der Waals surface area contributed by atoms with Gasteiger partial charge in [-0.15, -0.1) is 0 Å². The largest absolute Gasteiger partial charge is 0.324 e. The number of carbonyl (C=O) groups excluding carboxylic acids is 1. The van der Waals surface area contributed by atoms with Crippen LogP contribution in [0.5, 0.6) is 0 Å². The van der Waals surface area contributed by atoms with E-state index in [4.69, 9.17) is 0 Å². The van der Waals surface area contributed by atoms with E-state index in [2.05, 4.69) is 4.98 Å². The number of nitrogens with zero attached hydrogens (tertiary/aromatic N) is 3. The van der Waals surface area contributed by atoms with E-state index in [1.165, 1.54) is 23.3 Å². The van der Waals surface area contributed by atoms with Crippen LogP contribution in [0, 0.1) is 12.7 Å². The van der Waals surface area contributed by atoms with Gasteiger partial charge < -0.3 is 9.47 Å². The second-order valence-electron chi connectivity index (χ2n) is 8.52. The smallest absolute Gasteiger partial charge is 0.213 e. The minimum absolute atomic E-state index is 0.157. The Labute approximate surface area is 194 Å². The van der Waals surface area contributed by atoms with E-state index >= 15 is 0 Å². The Morgan fingerprint density at radius 1 is 1.18 bits per heavy atom. The van der Waals surface area contributed by atoms with Gasteiger partial charge in [-0.1, -0.05) is 23.8 Å². The lowest BCUT2D eigenvalue weighted by Crippen LogP contribution is -2.08. The van der Waals surface area contributed by atoms with Gasteiger partial charge in [0.05, 0.1) is 16.8 Å². The van der Waals surface area contributed by atoms with Crippen molar-refractivity contribution >= 4 is 32.9 Å². The van der Waals surface area contributed by atoms with Gasteiger partial charge in [0.1, 0.15) is 11.6 Å². The summed E-state index contributed by atoms with van der Waals surface area (Å²) in [5.41, 5.74) is 5.45. The topological polar surface area (TPSA) is 72.3 Å². The molecule has 1 amide bonds. The minimum Gasteiger partial charge on any atom is -0.324 e. The molecule has 0 saturated carbocycles. The molecule has 0 radical (unpaired) electrons. The highest BCUT2D eigenvalue weighted by Crippen LogP contribution is 2.29. The number of halogens is 1. The number of imidazole rings is 1. The number of aromatic nitrogens is 2. The zero-order chi connectivity index (χ0) is 24.3. The van der Waals surface area contributed by atoms with E-state index in [0.717, 1.165) is 33.6 Å². The Morgan fingerprint density at radius 2 is 1.85 bits per heavy atom. The molecular formula is C25H28FN3O3S. The molecule has 0 aliphatic heterocycles. The van der Waals surface area contributed by atoms with E-state index in [1.807, 2.05) is 43.5 Å². The molecule has 8 heteroatoms. The molecule has 0 N–H and O–H groups in total. The highest BCUT2D eigenvalue weighted by molar-refractivity contribution is 7.89. The maximum atomic E-state index is 13.4. The van der Waals surface area contributed by atoms with Gasteiger partial charge in [-0.2, -0.15) is 0 Å². The Morgan fingerprint density at radius 3 is 2.42 bits per heavy atom. The molecule has 174 valence electrons. The first-order valence-corrected chi connectivity index (χ1v) is 12.5. The van der Waals surface area contributed by atoms with Crippen LogP contribution in [-0.2, 0) is 26.9 Å². The van der Waals surface area contributed by atoms with Gasteiger partial charge in [0.15, 0.2) is 9.84 Å². The third kappa shape index (κ3) is 6.16. The molecule has 3 rings (SSSR count). The molecule has 0 unspecified atom stereocenters. The van der Waals surface area contributed by atoms with E-state index in [-0.39, 0.29) is 11.6 Å². The van der Waals surface area contributed by atoms with Crippen molar-refractivity contribution in [1.82, 2.24) is 14.5 Å². The van der Waals surface area contributed by atoms with Crippen LogP contribution < -0.4 is 0 Å². The maximum absolute atomic E-state index is 13.4. The van der Waals surface area contributed by atoms with Gasteiger partial charge in [0.25, 0.3) is 0 Å². The van der Waals surface area contributed by atoms with Crippen LogP contribution in [0.25, 0.3) is 16.6 Å². The third-order valence-corrected chi connectivity index (χ3v) is 5.92. The molecule has 0 spiro atoms. The number of allylic oxidation sites excluding steroid dienone is 3. The number of carbonyl (C=O) groups is 1. The third-order valence-electron chi connectivity index (χ3n) is 5.08. The number of rotatable bonds is 8. The normalized spacial score (nSPS) is 12.1. The summed E-state index contributed by atoms with van der Waals surface area (Å²) in [5.74, 6) is 0.258. The lowest BCUT2D eigenvalue weighted by Gasteiger charge is -2.13. The summed E-state index contributed by atoms with van der Waals surface area (Å²) in [7, 11) is -1.68. The highest BCUT2D eigenvalue weighted by atomic mass is 32.2. The average molecular weight is 470 g/mol. The molecule has 0 atom stereocenters. The summed E-state index contributed by atoms with van der Waals surface area (Å²) < 4.78 is 39.7. The zero-order valence-electron chi connectivity index (χ0n) is 19.5. The summed E-state index contributed by atoms with van der Waals surface area (Å²) >= 11 is 0. The maximum Gasteiger partial charge on any atom is 0.213 e. The Kier molecular flexibility index (Phi) is 7.17. The van der Waals surface area contributed by atoms with Crippen molar-refractivity contribution in [1.29, 1.82) is 0 Å². The number of aryl methyl sites for hydroxylation is 1. The molecule has 1 heterocycles. The van der Waals surface area contributed by atoms with Gasteiger partial charge in [0, 0.05) is 26.0 Å². The summed E-state index contributed by atoms with van der Waals surface area (Å²) in [6.07, 6.45) is 5.55. The van der Waals surface area contributed by atoms with Crippen molar-refractivity contribution in [2.24, 2.45) is 0 Å². The number of amides is 1. The number of fused-ring (bicyclic) bond motifs is 1. The standard InChI is InChI=1S/C25H28FN3O3S/c1-17(2)10-21(14-28(4)16-30)20-11-22(15-33(5,31)32)25-24(12-20)29(18(3)27-25)13-19-6-8-23(26)9-7-19/h6-12,14,16H,13,15H2,1-5H3/b21-14+. The predicted octanol–water partition coefficient (Wildman–Crippen LogP) is 4.47. The Bertz CT molecular complexity index is 1350. The lowest BCUT2D eigenvalue weighted by atomic mass is 10.0. The lowest BCUT2D eigenvalue weighted by molar-refractivity contribution is -0.114. The summed E-state index contributed by atoms with van der Waals surface area (Å²) in [4.78, 5) is 17.3. The Balaban J connectivity index is 2.28. The van der Waals surface area contributed by atoms with E-state index in [9.17, 15) is 17.6 Å². The second-order valence-corrected chi connectivity index (χ2v) is 10.7. The average Bonchev–Trinajstić information content (AvgIpc) is 3.03. The van der Waals surface area contributed by atoms with Crippen molar-refractivity contribution in [3.8, 4) is 0 Å². The SMILES string of the molecule is CC(C)=C/C(=C\N(C)C=O)c1cc(CS(C)(=O)=O)c2nc(C)n(Cc3ccc(F)cc3)c2c1. The van der Waals surface area contributed by atoms with Crippen molar-refractivity contribution < 1.29 is 17.6 Å². The van der Waals surface area contributed by atoms with E-state index < -0.39 is 9.84 Å². The zero-order valence-corrected chi connectivity index (χ0v) is 20.3. The first kappa shape index (κ1) is 24.4. The number of benzene rings is 2. The molecule has 0 saturated heterocycles. The molecule has 0 aliphatic carbocycles. The molecule has 6 nitrogen and oxygen atoms in total. The van der Waals surface area contributed by atoms with Crippen LogP contribution >= 0.6 is 0 Å². The van der Waals surface area contributed by atoms with Gasteiger partial charge in [-0.05, 0) is 67.3 Å². The van der Waals surface area contributed by atoms with E-state index in [0.29, 0.717) is 24.0 Å². The molecule has 3 aromatic rings. The fraction of sp³-hybridized carbons (Fsp3) is 0.280. The van der Waals surface area contributed by atoms with Gasteiger partial charge in [0.2, 0.25) is 6.41 Å². The summed E-state index contributed by atoms with van der Waals surface area (Å²) in [6.45, 7) is 6.22. The van der Waals surface area contributed by atoms with Crippen molar-refractivity contribution in [3.05, 3.63) is 82.6 Å². The van der Waals surface area contributed by atoms with Gasteiger partial charge >= 0.3 is 0 Å². The van der Waals surface area contributed by atoms with Crippen LogP contribution in [0.1, 0.15) is 36.4 Å². The van der Waals surface area contributed by atoms with Gasteiger partial charge in [-0.3, -0.25) is 4.79 Å². The van der Waals surface area contributed by atoms with Crippen molar-refractivity contribution in [2.45, 2.75) is 33.1 Å². The Hall–Kier alpha value is -3.26. The fourth-order valence-electron chi connectivity index (χ4n) is 3.70. The van der Waals surface area contributed by atoms with Crippen molar-refractivity contribution in [3.63, 3.8) is 0 Å². The number of hydrogen-bond donors (Lipinski definition) is 0. The van der Waals surface area contributed by atoms with Crippen LogP contribution in [0.4, 0.5) is 4.39 Å². The van der Waals surface area contributed by atoms with Gasteiger partial charge in [-0.25, -0.2) is 17.8 Å². The van der Waals surface area contributed by atoms with Crippen LogP contribution in [0.3, 0.4) is 0 Å². The number of hydrogen-bond acceptors (Lipinski definition) is 4. The molecule has 0 aliphatic rings. The molecule has 0 bridgehead atoms. The first-order chi connectivity index (χ1) is 15.5. The van der Waals surface area contributed by atoms with Crippen LogP contribution in [0.2, 0.25) is 0 Å². The molecule has 2 aromatic carbocycles. The number of sulfone groups is 1. The van der Waals surface area contributed by atoms with E-state index in [1.54, 1.807) is 25.4 Å². The first-order valence-electron chi connectivity index (χ1n) is 10.4. The predicted molar refractivity (Wildman–Crippen MR) is 130 cm³/mol. The second kappa shape index (κ2) is 9.70. The minimum atomic E-state index is -3.32. The van der Waals surface area contributed by atoms with Crippen LogP contribution in [0.15, 0.2) is 54.2 Å². The fourth-order valence-corrected chi connectivity index (χ4v) is 4.48. The summed E-state index contributed by atoms with van der Waals surface area (Å²) in [5, 5.41) is 0. The monoisotopic (exact) mass is 469 g/mol. The molecule has 33 heavy (non-hydrogen) atoms. The van der Waals surface area contributed by atoms with Crippen molar-refractivity contribution in [2.75, 3.05) is 13.3 Å². The molecule has 0 fully saturated rings. The molecular weight excluding hydrogens is 441 g/mol. The quantitative estimate of drug-likeness (QED) is 0.360. The van der Waals surface area contributed by atoms with Crippen LogP contribution in [-0.4, -0.2) is 42.6 Å². The molecule has 1 aromatic heterocycles.